The largest absolute Gasteiger partial charge is 0.468 e. The van der Waals surface area contributed by atoms with Crippen LogP contribution < -0.4 is 0 Å². The van der Waals surface area contributed by atoms with Crippen LogP contribution >= 0.6 is 23.1 Å². The van der Waals surface area contributed by atoms with Crippen LogP contribution in [0.25, 0.3) is 4.96 Å². The highest BCUT2D eigenvalue weighted by Gasteiger charge is 2.03. The summed E-state index contributed by atoms with van der Waals surface area (Å²) >= 11 is 3.48. The van der Waals surface area contributed by atoms with Gasteiger partial charge in [-0.25, -0.2) is 4.98 Å². The molecule has 0 aliphatic rings. The molecule has 0 atom stereocenters. The third-order valence-electron chi connectivity index (χ3n) is 2.22. The molecule has 3 heterocycles. The maximum atomic E-state index is 5.27. The van der Waals surface area contributed by atoms with Crippen LogP contribution in [0.15, 0.2) is 40.6 Å². The van der Waals surface area contributed by atoms with E-state index < -0.39 is 0 Å². The lowest BCUT2D eigenvalue weighted by atomic mass is 10.5. The van der Waals surface area contributed by atoms with Crippen molar-refractivity contribution in [3.8, 4) is 0 Å². The van der Waals surface area contributed by atoms with E-state index in [-0.39, 0.29) is 0 Å². The number of rotatable bonds is 4. The van der Waals surface area contributed by atoms with Crippen molar-refractivity contribution >= 4 is 28.1 Å². The number of fused-ring (bicyclic) bond motifs is 1. The summed E-state index contributed by atoms with van der Waals surface area (Å²) in [5, 5.41) is 2.04. The number of hydrogen-bond donors (Lipinski definition) is 0. The van der Waals surface area contributed by atoms with Crippen molar-refractivity contribution in [2.75, 3.05) is 0 Å². The van der Waals surface area contributed by atoms with Gasteiger partial charge in [0.2, 0.25) is 0 Å². The molecule has 5 heteroatoms. The highest BCUT2D eigenvalue weighted by Crippen LogP contribution is 2.19. The molecule has 0 radical (unpaired) electrons. The van der Waals surface area contributed by atoms with Crippen LogP contribution in [-0.4, -0.2) is 9.38 Å². The lowest BCUT2D eigenvalue weighted by Gasteiger charge is -1.95. The number of thioether (sulfide) groups is 1. The van der Waals surface area contributed by atoms with Gasteiger partial charge in [0.1, 0.15) is 5.76 Å². The predicted molar refractivity (Wildman–Crippen MR) is 66.8 cm³/mol. The van der Waals surface area contributed by atoms with Crippen molar-refractivity contribution < 1.29 is 4.42 Å². The van der Waals surface area contributed by atoms with Gasteiger partial charge in [0.15, 0.2) is 4.96 Å². The molecule has 0 fully saturated rings. The molecular weight excluding hydrogens is 240 g/mol. The first-order chi connectivity index (χ1) is 7.92. The molecule has 0 saturated heterocycles. The van der Waals surface area contributed by atoms with Gasteiger partial charge < -0.3 is 4.42 Å². The zero-order chi connectivity index (χ0) is 10.8. The van der Waals surface area contributed by atoms with Crippen LogP contribution in [0, 0.1) is 0 Å². The second-order valence-electron chi connectivity index (χ2n) is 3.40. The number of hydrogen-bond acceptors (Lipinski definition) is 4. The minimum absolute atomic E-state index is 0.901. The third-order valence-corrected chi connectivity index (χ3v) is 3.98. The normalized spacial score (nSPS) is 11.2. The SMILES string of the molecule is c1coc(CSCc2cn3ccsc3n2)c1. The number of imidazole rings is 1. The molecule has 0 N–H and O–H groups in total. The Morgan fingerprint density at radius 2 is 2.44 bits per heavy atom. The van der Waals surface area contributed by atoms with Crippen LogP contribution in [0.4, 0.5) is 0 Å². The molecule has 0 spiro atoms. The Balaban J connectivity index is 1.61. The van der Waals surface area contributed by atoms with Crippen molar-refractivity contribution in [3.63, 3.8) is 0 Å². The monoisotopic (exact) mass is 250 g/mol. The summed E-state index contributed by atoms with van der Waals surface area (Å²) in [7, 11) is 0. The van der Waals surface area contributed by atoms with Crippen molar-refractivity contribution in [2.45, 2.75) is 11.5 Å². The van der Waals surface area contributed by atoms with Crippen LogP contribution in [0.5, 0.6) is 0 Å². The fraction of sp³-hybridized carbons (Fsp3) is 0.182. The van der Waals surface area contributed by atoms with Crippen molar-refractivity contribution in [2.24, 2.45) is 0 Å². The fourth-order valence-corrected chi connectivity index (χ4v) is 3.03. The zero-order valence-electron chi connectivity index (χ0n) is 8.50. The molecule has 3 nitrogen and oxygen atoms in total. The summed E-state index contributed by atoms with van der Waals surface area (Å²) in [5.41, 5.74) is 1.13. The second kappa shape index (κ2) is 4.35. The van der Waals surface area contributed by atoms with Crippen LogP contribution in [-0.2, 0) is 11.5 Å². The Morgan fingerprint density at radius 3 is 3.25 bits per heavy atom. The summed E-state index contributed by atoms with van der Waals surface area (Å²) < 4.78 is 7.33. The first-order valence-corrected chi connectivity index (χ1v) is 6.96. The van der Waals surface area contributed by atoms with E-state index in [1.165, 1.54) is 0 Å². The van der Waals surface area contributed by atoms with Crippen molar-refractivity contribution in [1.82, 2.24) is 9.38 Å². The average Bonchev–Trinajstić information content (AvgIpc) is 2.91. The van der Waals surface area contributed by atoms with Crippen molar-refractivity contribution in [1.29, 1.82) is 0 Å². The summed E-state index contributed by atoms with van der Waals surface area (Å²) in [6, 6.07) is 3.92. The van der Waals surface area contributed by atoms with Crippen LogP contribution in [0.1, 0.15) is 11.5 Å². The van der Waals surface area contributed by atoms with Gasteiger partial charge in [-0.15, -0.1) is 23.1 Å². The smallest absolute Gasteiger partial charge is 0.193 e. The van der Waals surface area contributed by atoms with Gasteiger partial charge >= 0.3 is 0 Å². The van der Waals surface area contributed by atoms with Gasteiger partial charge in [-0.3, -0.25) is 4.40 Å². The molecular formula is C11H10N2OS2. The van der Waals surface area contributed by atoms with E-state index >= 15 is 0 Å². The minimum atomic E-state index is 0.901. The average molecular weight is 250 g/mol. The summed E-state index contributed by atoms with van der Waals surface area (Å²) in [6.45, 7) is 0. The Bertz CT molecular complexity index is 539. The molecule has 0 aliphatic carbocycles. The topological polar surface area (TPSA) is 30.4 Å². The lowest BCUT2D eigenvalue weighted by Crippen LogP contribution is -1.81. The van der Waals surface area contributed by atoms with E-state index in [1.54, 1.807) is 17.6 Å². The number of nitrogens with zero attached hydrogens (tertiary/aromatic N) is 2. The molecule has 0 unspecified atom stereocenters. The Hall–Kier alpha value is -1.20. The molecule has 0 aliphatic heterocycles. The highest BCUT2D eigenvalue weighted by molar-refractivity contribution is 7.97. The fourth-order valence-electron chi connectivity index (χ4n) is 1.50. The molecule has 3 rings (SSSR count). The maximum Gasteiger partial charge on any atom is 0.193 e. The maximum absolute atomic E-state index is 5.27. The molecule has 0 saturated carbocycles. The minimum Gasteiger partial charge on any atom is -0.468 e. The molecule has 0 aromatic carbocycles. The summed E-state index contributed by atoms with van der Waals surface area (Å²) in [5.74, 6) is 2.85. The van der Waals surface area contributed by atoms with Gasteiger partial charge in [0, 0.05) is 23.5 Å². The lowest BCUT2D eigenvalue weighted by molar-refractivity contribution is 0.530. The van der Waals surface area contributed by atoms with Gasteiger partial charge in [-0.2, -0.15) is 0 Å². The Labute approximate surface area is 101 Å². The molecule has 0 bridgehead atoms. The van der Waals surface area contributed by atoms with Crippen LogP contribution in [0.2, 0.25) is 0 Å². The van der Waals surface area contributed by atoms with E-state index in [0.717, 1.165) is 27.9 Å². The Kier molecular flexibility index (Phi) is 2.71. The summed E-state index contributed by atoms with van der Waals surface area (Å²) in [6.07, 6.45) is 5.83. The predicted octanol–water partition coefficient (Wildman–Crippen LogP) is 3.42. The zero-order valence-corrected chi connectivity index (χ0v) is 10.1. The first-order valence-electron chi connectivity index (χ1n) is 4.93. The van der Waals surface area contributed by atoms with Gasteiger partial charge in [-0.05, 0) is 12.1 Å². The molecule has 3 aromatic rings. The van der Waals surface area contributed by atoms with Gasteiger partial charge in [-0.1, -0.05) is 0 Å². The quantitative estimate of drug-likeness (QED) is 0.710. The van der Waals surface area contributed by atoms with E-state index in [4.69, 9.17) is 4.42 Å². The van der Waals surface area contributed by atoms with E-state index in [0.29, 0.717) is 0 Å². The first kappa shape index (κ1) is 9.99. The van der Waals surface area contributed by atoms with E-state index in [2.05, 4.69) is 15.6 Å². The third kappa shape index (κ3) is 2.01. The van der Waals surface area contributed by atoms with Crippen LogP contribution in [0.3, 0.4) is 0 Å². The van der Waals surface area contributed by atoms with Crippen molar-refractivity contribution in [3.05, 3.63) is 47.6 Å². The standard InChI is InChI=1S/C11H10N2OS2/c1-2-10(14-4-1)8-15-7-9-6-13-3-5-16-11(13)12-9/h1-6H,7-8H2. The molecule has 0 amide bonds. The van der Waals surface area contributed by atoms with E-state index in [1.807, 2.05) is 35.5 Å². The Morgan fingerprint density at radius 1 is 1.44 bits per heavy atom. The molecule has 16 heavy (non-hydrogen) atoms. The second-order valence-corrected chi connectivity index (χ2v) is 5.26. The summed E-state index contributed by atoms with van der Waals surface area (Å²) in [4.78, 5) is 5.59. The molecule has 82 valence electrons. The van der Waals surface area contributed by atoms with E-state index in [9.17, 15) is 0 Å². The number of furan rings is 1. The highest BCUT2D eigenvalue weighted by atomic mass is 32.2. The molecule has 3 aromatic heterocycles. The van der Waals surface area contributed by atoms with Gasteiger partial charge in [0.05, 0.1) is 17.7 Å². The number of aromatic nitrogens is 2. The van der Waals surface area contributed by atoms with Gasteiger partial charge in [0.25, 0.3) is 0 Å². The number of thiazole rings is 1.